The Morgan fingerprint density at radius 1 is 1.10 bits per heavy atom. The number of anilines is 2. The molecule has 0 aliphatic heterocycles. The maximum atomic E-state index is 13.9. The van der Waals surface area contributed by atoms with Gasteiger partial charge in [-0.2, -0.15) is 0 Å². The van der Waals surface area contributed by atoms with Gasteiger partial charge in [0.25, 0.3) is 5.91 Å². The second kappa shape index (κ2) is 5.66. The van der Waals surface area contributed by atoms with Crippen molar-refractivity contribution in [3.05, 3.63) is 59.2 Å². The van der Waals surface area contributed by atoms with Crippen LogP contribution >= 0.6 is 0 Å². The molecule has 0 saturated heterocycles. The van der Waals surface area contributed by atoms with E-state index in [9.17, 15) is 13.6 Å². The zero-order valence-electron chi connectivity index (χ0n) is 10.7. The molecule has 104 valence electrons. The summed E-state index contributed by atoms with van der Waals surface area (Å²) in [4.78, 5) is 11.6. The Morgan fingerprint density at radius 2 is 1.75 bits per heavy atom. The summed E-state index contributed by atoms with van der Waals surface area (Å²) in [6.45, 7) is 1.90. The van der Waals surface area contributed by atoms with Crippen molar-refractivity contribution < 1.29 is 13.6 Å². The van der Waals surface area contributed by atoms with Gasteiger partial charge >= 0.3 is 0 Å². The zero-order valence-corrected chi connectivity index (χ0v) is 10.7. The van der Waals surface area contributed by atoms with Crippen LogP contribution in [0.2, 0.25) is 0 Å². The van der Waals surface area contributed by atoms with Gasteiger partial charge in [0.15, 0.2) is 11.6 Å². The van der Waals surface area contributed by atoms with E-state index in [1.807, 2.05) is 24.5 Å². The van der Waals surface area contributed by atoms with Crippen molar-refractivity contribution in [2.45, 2.75) is 6.92 Å². The van der Waals surface area contributed by atoms with Crippen molar-refractivity contribution in [1.82, 2.24) is 5.43 Å². The maximum absolute atomic E-state index is 13.9. The number of nitrogen functional groups attached to an aromatic ring is 1. The average Bonchev–Trinajstić information content (AvgIpc) is 2.45. The van der Waals surface area contributed by atoms with Crippen LogP contribution in [-0.2, 0) is 0 Å². The molecule has 2 aromatic rings. The molecule has 1 amide bonds. The van der Waals surface area contributed by atoms with E-state index in [-0.39, 0.29) is 11.3 Å². The lowest BCUT2D eigenvalue weighted by Gasteiger charge is -2.12. The lowest BCUT2D eigenvalue weighted by Crippen LogP contribution is -2.30. The molecule has 0 fully saturated rings. The standard InChI is InChI=1S/C14H13F2N3O/c1-8-2-4-9(5-3-8)18-13-10(14(20)19-17)6-7-11(15)12(13)16/h2-7,18H,17H2,1H3,(H,19,20). The van der Waals surface area contributed by atoms with Crippen molar-refractivity contribution in [1.29, 1.82) is 0 Å². The average molecular weight is 277 g/mol. The molecule has 0 aromatic heterocycles. The third-order valence-electron chi connectivity index (χ3n) is 2.79. The van der Waals surface area contributed by atoms with Gasteiger partial charge in [0.05, 0.1) is 11.3 Å². The largest absolute Gasteiger partial charge is 0.352 e. The van der Waals surface area contributed by atoms with E-state index >= 15 is 0 Å². The molecule has 20 heavy (non-hydrogen) atoms. The number of nitrogens with one attached hydrogen (secondary N) is 2. The first-order chi connectivity index (χ1) is 9.52. The minimum atomic E-state index is -1.13. The van der Waals surface area contributed by atoms with Crippen LogP contribution in [0.5, 0.6) is 0 Å². The molecule has 4 nitrogen and oxygen atoms in total. The number of aryl methyl sites for hydroxylation is 1. The third kappa shape index (κ3) is 2.75. The summed E-state index contributed by atoms with van der Waals surface area (Å²) in [5, 5.41) is 2.69. The minimum Gasteiger partial charge on any atom is -0.352 e. The normalized spacial score (nSPS) is 10.2. The molecule has 0 radical (unpaired) electrons. The molecule has 0 heterocycles. The van der Waals surface area contributed by atoms with E-state index in [1.54, 1.807) is 12.1 Å². The number of hydrogen-bond acceptors (Lipinski definition) is 3. The van der Waals surface area contributed by atoms with E-state index in [0.717, 1.165) is 17.7 Å². The van der Waals surface area contributed by atoms with E-state index in [1.165, 1.54) is 0 Å². The van der Waals surface area contributed by atoms with E-state index < -0.39 is 17.5 Å². The Bertz CT molecular complexity index is 642. The highest BCUT2D eigenvalue weighted by molar-refractivity contribution is 6.00. The quantitative estimate of drug-likeness (QED) is 0.459. The van der Waals surface area contributed by atoms with Crippen LogP contribution in [0.3, 0.4) is 0 Å². The Balaban J connectivity index is 2.45. The number of carbonyl (C=O) groups excluding carboxylic acids is 1. The molecule has 0 unspecified atom stereocenters. The van der Waals surface area contributed by atoms with Crippen molar-refractivity contribution >= 4 is 17.3 Å². The monoisotopic (exact) mass is 277 g/mol. The van der Waals surface area contributed by atoms with Crippen molar-refractivity contribution in [2.75, 3.05) is 5.32 Å². The van der Waals surface area contributed by atoms with Crippen LogP contribution < -0.4 is 16.6 Å². The molecular weight excluding hydrogens is 264 g/mol. The SMILES string of the molecule is Cc1ccc(Nc2c(C(=O)NN)ccc(F)c2F)cc1. The van der Waals surface area contributed by atoms with Crippen LogP contribution in [0.4, 0.5) is 20.2 Å². The summed E-state index contributed by atoms with van der Waals surface area (Å²) in [5.41, 5.74) is 3.12. The molecule has 0 aliphatic rings. The van der Waals surface area contributed by atoms with Crippen LogP contribution in [0.25, 0.3) is 0 Å². The second-order valence-corrected chi connectivity index (χ2v) is 4.25. The Kier molecular flexibility index (Phi) is 3.95. The Morgan fingerprint density at radius 3 is 2.35 bits per heavy atom. The highest BCUT2D eigenvalue weighted by atomic mass is 19.2. The number of hydrazine groups is 1. The van der Waals surface area contributed by atoms with Crippen LogP contribution in [-0.4, -0.2) is 5.91 Å². The summed E-state index contributed by atoms with van der Waals surface area (Å²) in [5.74, 6) is 2.14. The maximum Gasteiger partial charge on any atom is 0.267 e. The van der Waals surface area contributed by atoms with Gasteiger partial charge in [-0.3, -0.25) is 10.2 Å². The van der Waals surface area contributed by atoms with Gasteiger partial charge in [0.1, 0.15) is 0 Å². The van der Waals surface area contributed by atoms with Crippen molar-refractivity contribution in [3.63, 3.8) is 0 Å². The summed E-state index contributed by atoms with van der Waals surface area (Å²) in [6, 6.07) is 9.05. The first-order valence-electron chi connectivity index (χ1n) is 5.85. The fraction of sp³-hybridized carbons (Fsp3) is 0.0714. The van der Waals surface area contributed by atoms with Gasteiger partial charge in [-0.15, -0.1) is 0 Å². The first kappa shape index (κ1) is 14.0. The molecule has 6 heteroatoms. The topological polar surface area (TPSA) is 67.2 Å². The lowest BCUT2D eigenvalue weighted by atomic mass is 10.1. The fourth-order valence-corrected chi connectivity index (χ4v) is 1.72. The van der Waals surface area contributed by atoms with Gasteiger partial charge < -0.3 is 5.32 Å². The van der Waals surface area contributed by atoms with E-state index in [4.69, 9.17) is 5.84 Å². The Labute approximate surface area is 114 Å². The lowest BCUT2D eigenvalue weighted by molar-refractivity contribution is 0.0954. The summed E-state index contributed by atoms with van der Waals surface area (Å²) < 4.78 is 27.2. The predicted molar refractivity (Wildman–Crippen MR) is 72.5 cm³/mol. The van der Waals surface area contributed by atoms with Gasteiger partial charge in [-0.05, 0) is 31.2 Å². The molecule has 2 aromatic carbocycles. The molecule has 0 atom stereocenters. The van der Waals surface area contributed by atoms with E-state index in [0.29, 0.717) is 5.69 Å². The molecule has 0 bridgehead atoms. The highest BCUT2D eigenvalue weighted by Crippen LogP contribution is 2.26. The number of hydrogen-bond donors (Lipinski definition) is 3. The fourth-order valence-electron chi connectivity index (χ4n) is 1.72. The Hall–Kier alpha value is -2.47. The van der Waals surface area contributed by atoms with Gasteiger partial charge in [-0.25, -0.2) is 14.6 Å². The summed E-state index contributed by atoms with van der Waals surface area (Å²) >= 11 is 0. The van der Waals surface area contributed by atoms with Crippen LogP contribution in [0.1, 0.15) is 15.9 Å². The predicted octanol–water partition coefficient (Wildman–Crippen LogP) is 2.62. The number of nitrogens with two attached hydrogens (primary N) is 1. The van der Waals surface area contributed by atoms with Crippen molar-refractivity contribution in [3.8, 4) is 0 Å². The summed E-state index contributed by atoms with van der Waals surface area (Å²) in [6.07, 6.45) is 0. The number of carbonyl (C=O) groups is 1. The van der Waals surface area contributed by atoms with Gasteiger partial charge in [-0.1, -0.05) is 17.7 Å². The molecule has 0 spiro atoms. The van der Waals surface area contributed by atoms with Gasteiger partial charge in [0.2, 0.25) is 0 Å². The van der Waals surface area contributed by atoms with Crippen molar-refractivity contribution in [2.24, 2.45) is 5.84 Å². The van der Waals surface area contributed by atoms with Crippen LogP contribution in [0, 0.1) is 18.6 Å². The number of halogens is 2. The second-order valence-electron chi connectivity index (χ2n) is 4.25. The molecule has 0 aliphatic carbocycles. The molecule has 2 rings (SSSR count). The number of amides is 1. The van der Waals surface area contributed by atoms with E-state index in [2.05, 4.69) is 5.32 Å². The molecule has 4 N–H and O–H groups in total. The third-order valence-corrected chi connectivity index (χ3v) is 2.79. The smallest absolute Gasteiger partial charge is 0.267 e. The number of benzene rings is 2. The minimum absolute atomic E-state index is 0.0769. The van der Waals surface area contributed by atoms with Gasteiger partial charge in [0, 0.05) is 5.69 Å². The molecular formula is C14H13F2N3O. The van der Waals surface area contributed by atoms with Crippen LogP contribution in [0.15, 0.2) is 36.4 Å². The summed E-state index contributed by atoms with van der Waals surface area (Å²) in [7, 11) is 0. The first-order valence-corrected chi connectivity index (χ1v) is 5.85. The zero-order chi connectivity index (χ0) is 14.7. The molecule has 0 saturated carbocycles. The highest BCUT2D eigenvalue weighted by Gasteiger charge is 2.18. The number of rotatable bonds is 3.